The quantitative estimate of drug-likeness (QED) is 0.259. The van der Waals surface area contributed by atoms with Crippen molar-refractivity contribution in [3.8, 4) is 22.6 Å². The molecule has 0 spiro atoms. The Balaban J connectivity index is 2.11. The van der Waals surface area contributed by atoms with Gasteiger partial charge in [0, 0.05) is 34.8 Å². The molecule has 0 fully saturated rings. The summed E-state index contributed by atoms with van der Waals surface area (Å²) >= 11 is 6.25. The minimum Gasteiger partial charge on any atom is -0.465 e. The molecule has 14 heteroatoms. The number of carboxylic acid groups (broad SMARTS) is 1. The number of hydrogen-bond donors (Lipinski definition) is 5. The predicted octanol–water partition coefficient (Wildman–Crippen LogP) is 4.45. The van der Waals surface area contributed by atoms with Crippen LogP contribution >= 0.6 is 11.6 Å². The van der Waals surface area contributed by atoms with E-state index in [0.29, 0.717) is 17.2 Å². The molecule has 0 bridgehead atoms. The van der Waals surface area contributed by atoms with Gasteiger partial charge in [-0.25, -0.2) is 32.6 Å². The molecule has 0 aliphatic carbocycles. The van der Waals surface area contributed by atoms with Crippen LogP contribution < -0.4 is 15.4 Å². The maximum atomic E-state index is 15.7. The van der Waals surface area contributed by atoms with Crippen molar-refractivity contribution < 1.29 is 22.7 Å². The summed E-state index contributed by atoms with van der Waals surface area (Å²) in [6.07, 6.45) is 0.348. The normalized spacial score (nSPS) is 12.7. The van der Waals surface area contributed by atoms with Gasteiger partial charge in [-0.05, 0) is 32.0 Å². The van der Waals surface area contributed by atoms with E-state index >= 15 is 4.39 Å². The number of aromatic amines is 1. The highest BCUT2D eigenvalue weighted by Crippen LogP contribution is 2.38. The molecule has 3 rings (SSSR count). The van der Waals surface area contributed by atoms with Crippen molar-refractivity contribution in [1.29, 1.82) is 0 Å². The topological polar surface area (TPSA) is 162 Å². The highest BCUT2D eigenvalue weighted by Gasteiger charge is 2.26. The Morgan fingerprint density at radius 2 is 1.97 bits per heavy atom. The summed E-state index contributed by atoms with van der Waals surface area (Å²) in [5.41, 5.74) is 0.186. The second-order valence-electron chi connectivity index (χ2n) is 9.38. The van der Waals surface area contributed by atoms with Gasteiger partial charge in [-0.1, -0.05) is 32.4 Å². The number of benzene rings is 1. The summed E-state index contributed by atoms with van der Waals surface area (Å²) in [5.74, 6) is -0.319. The van der Waals surface area contributed by atoms with Crippen LogP contribution in [0.1, 0.15) is 40.4 Å². The summed E-state index contributed by atoms with van der Waals surface area (Å²) in [6, 6.07) is 3.76. The first-order valence-corrected chi connectivity index (χ1v) is 13.4. The lowest BCUT2D eigenvalue weighted by Gasteiger charge is -2.14. The second kappa shape index (κ2) is 10.9. The summed E-state index contributed by atoms with van der Waals surface area (Å²) in [4.78, 5) is 27.3. The van der Waals surface area contributed by atoms with Crippen LogP contribution in [0.2, 0.25) is 5.02 Å². The molecule has 0 aliphatic rings. The zero-order valence-corrected chi connectivity index (χ0v) is 22.6. The molecule has 0 saturated carbocycles. The smallest absolute Gasteiger partial charge is 0.404 e. The van der Waals surface area contributed by atoms with Crippen molar-refractivity contribution in [2.75, 3.05) is 22.3 Å². The van der Waals surface area contributed by atoms with E-state index in [4.69, 9.17) is 16.7 Å². The Morgan fingerprint density at radius 1 is 1.27 bits per heavy atom. The zero-order valence-electron chi connectivity index (χ0n) is 21.0. The fourth-order valence-electron chi connectivity index (χ4n) is 3.27. The standard InChI is InChI=1S/C23H29ClFN7O4S/c1-6-37(35,36)32-16-10-13(24)9-14(17(16)25)18-19(31-20(30-18)23(3,4)5)15-7-8-26-21(29-15)27-11-12(2)28-22(33)34/h7-10,12,28,32H,6,11H2,1-5H3,(H,30,31)(H,33,34)(H,26,27,29). The van der Waals surface area contributed by atoms with Crippen LogP contribution in [0.25, 0.3) is 22.6 Å². The van der Waals surface area contributed by atoms with Gasteiger partial charge in [-0.3, -0.25) is 4.72 Å². The van der Waals surface area contributed by atoms with E-state index in [1.807, 2.05) is 20.8 Å². The van der Waals surface area contributed by atoms with Gasteiger partial charge in [-0.2, -0.15) is 0 Å². The van der Waals surface area contributed by atoms with Gasteiger partial charge in [0.25, 0.3) is 0 Å². The highest BCUT2D eigenvalue weighted by atomic mass is 35.5. The number of nitrogens with one attached hydrogen (secondary N) is 4. The zero-order chi connectivity index (χ0) is 27.5. The first-order valence-electron chi connectivity index (χ1n) is 11.4. The molecular weight excluding hydrogens is 525 g/mol. The third kappa shape index (κ3) is 7.07. The number of halogens is 2. The van der Waals surface area contributed by atoms with Gasteiger partial charge in [0.2, 0.25) is 16.0 Å². The molecule has 37 heavy (non-hydrogen) atoms. The van der Waals surface area contributed by atoms with Crippen LogP contribution in [0.15, 0.2) is 24.4 Å². The Kier molecular flexibility index (Phi) is 8.28. The van der Waals surface area contributed by atoms with Gasteiger partial charge in [0.1, 0.15) is 11.5 Å². The number of H-pyrrole nitrogens is 1. The van der Waals surface area contributed by atoms with Gasteiger partial charge >= 0.3 is 6.09 Å². The number of imidazole rings is 1. The van der Waals surface area contributed by atoms with E-state index < -0.39 is 33.4 Å². The number of rotatable bonds is 9. The van der Waals surface area contributed by atoms with Gasteiger partial charge in [-0.15, -0.1) is 0 Å². The molecule has 0 saturated heterocycles. The van der Waals surface area contributed by atoms with E-state index in [1.54, 1.807) is 13.0 Å². The van der Waals surface area contributed by atoms with Crippen molar-refractivity contribution in [2.45, 2.75) is 46.1 Å². The molecule has 200 valence electrons. The van der Waals surface area contributed by atoms with E-state index in [-0.39, 0.29) is 40.2 Å². The average molecular weight is 554 g/mol. The lowest BCUT2D eigenvalue weighted by molar-refractivity contribution is 0.191. The Labute approximate surface area is 219 Å². The van der Waals surface area contributed by atoms with Crippen LogP contribution in [0.4, 0.5) is 20.8 Å². The summed E-state index contributed by atoms with van der Waals surface area (Å²) < 4.78 is 42.1. The van der Waals surface area contributed by atoms with E-state index in [1.165, 1.54) is 25.3 Å². The molecule has 0 radical (unpaired) electrons. The summed E-state index contributed by atoms with van der Waals surface area (Å²) in [5, 5.41) is 14.3. The van der Waals surface area contributed by atoms with Gasteiger partial charge in [0.05, 0.1) is 22.8 Å². The Morgan fingerprint density at radius 3 is 2.59 bits per heavy atom. The lowest BCUT2D eigenvalue weighted by Crippen LogP contribution is -2.36. The number of hydrogen-bond acceptors (Lipinski definition) is 7. The maximum Gasteiger partial charge on any atom is 0.404 e. The monoisotopic (exact) mass is 553 g/mol. The maximum absolute atomic E-state index is 15.7. The second-order valence-corrected chi connectivity index (χ2v) is 11.8. The highest BCUT2D eigenvalue weighted by molar-refractivity contribution is 7.92. The van der Waals surface area contributed by atoms with Crippen LogP contribution in [-0.2, 0) is 15.4 Å². The molecule has 1 aromatic carbocycles. The number of aromatic nitrogens is 4. The fraction of sp³-hybridized carbons (Fsp3) is 0.391. The van der Waals surface area contributed by atoms with E-state index in [2.05, 4.69) is 35.3 Å². The number of sulfonamides is 1. The molecule has 1 unspecified atom stereocenters. The Hall–Kier alpha value is -3.45. The molecule has 11 nitrogen and oxygen atoms in total. The number of anilines is 2. The van der Waals surface area contributed by atoms with Gasteiger partial charge in [0.15, 0.2) is 5.82 Å². The average Bonchev–Trinajstić information content (AvgIpc) is 3.25. The largest absolute Gasteiger partial charge is 0.465 e. The van der Waals surface area contributed by atoms with Crippen molar-refractivity contribution >= 4 is 39.4 Å². The van der Waals surface area contributed by atoms with Crippen molar-refractivity contribution in [1.82, 2.24) is 25.3 Å². The molecule has 3 aromatic rings. The lowest BCUT2D eigenvalue weighted by atomic mass is 9.96. The van der Waals surface area contributed by atoms with Crippen molar-refractivity contribution in [3.63, 3.8) is 0 Å². The summed E-state index contributed by atoms with van der Waals surface area (Å²) in [6.45, 7) is 9.13. The minimum atomic E-state index is -3.77. The predicted molar refractivity (Wildman–Crippen MR) is 141 cm³/mol. The van der Waals surface area contributed by atoms with Crippen LogP contribution in [0, 0.1) is 5.82 Å². The minimum absolute atomic E-state index is 0.0181. The SMILES string of the molecule is CCS(=O)(=O)Nc1cc(Cl)cc(-c2nc(C(C)(C)C)[nH]c2-c2ccnc(NCC(C)NC(=O)O)n2)c1F. The van der Waals surface area contributed by atoms with Crippen LogP contribution in [0.5, 0.6) is 0 Å². The van der Waals surface area contributed by atoms with E-state index in [9.17, 15) is 13.2 Å². The van der Waals surface area contributed by atoms with E-state index in [0.717, 1.165) is 0 Å². The Bertz CT molecular complexity index is 1410. The molecule has 5 N–H and O–H groups in total. The molecule has 0 aliphatic heterocycles. The number of carbonyl (C=O) groups is 1. The third-order valence-corrected chi connectivity index (χ3v) is 6.71. The summed E-state index contributed by atoms with van der Waals surface area (Å²) in [7, 11) is -3.77. The molecule has 1 amide bonds. The molecule has 1 atom stereocenters. The third-order valence-electron chi connectivity index (χ3n) is 5.20. The van der Waals surface area contributed by atoms with Gasteiger partial charge < -0.3 is 20.7 Å². The fourth-order valence-corrected chi connectivity index (χ4v) is 4.12. The molecular formula is C23H29ClFN7O4S. The first kappa shape index (κ1) is 28.1. The first-order chi connectivity index (χ1) is 17.2. The molecule has 2 heterocycles. The number of amides is 1. The van der Waals surface area contributed by atoms with Crippen LogP contribution in [-0.4, -0.2) is 57.9 Å². The van der Waals surface area contributed by atoms with Crippen LogP contribution in [0.3, 0.4) is 0 Å². The number of nitrogens with zero attached hydrogens (tertiary/aromatic N) is 3. The molecule has 2 aromatic heterocycles. The van der Waals surface area contributed by atoms with Crippen molar-refractivity contribution in [3.05, 3.63) is 41.1 Å². The van der Waals surface area contributed by atoms with Crippen molar-refractivity contribution in [2.24, 2.45) is 0 Å².